The molecule has 24 heavy (non-hydrogen) atoms. The molecular weight excluding hydrogens is 362 g/mol. The molecule has 0 spiro atoms. The van der Waals surface area contributed by atoms with Crippen LogP contribution in [0.5, 0.6) is 0 Å². The lowest BCUT2D eigenvalue weighted by atomic mass is 10.1. The van der Waals surface area contributed by atoms with E-state index >= 15 is 0 Å². The van der Waals surface area contributed by atoms with Crippen molar-refractivity contribution >= 4 is 52.3 Å². The van der Waals surface area contributed by atoms with Crippen molar-refractivity contribution in [3.05, 3.63) is 64.7 Å². The fraction of sp³-hybridized carbons (Fsp3) is 0.176. The number of rotatable bonds is 5. The van der Waals surface area contributed by atoms with Crippen LogP contribution in [0.15, 0.2) is 48.5 Å². The number of anilines is 1. The molecule has 0 saturated heterocycles. The predicted molar refractivity (Wildman–Crippen MR) is 106 cm³/mol. The second-order valence-electron chi connectivity index (χ2n) is 5.03. The van der Waals surface area contributed by atoms with E-state index in [0.29, 0.717) is 16.5 Å². The third-order valence-corrected chi connectivity index (χ3v) is 4.70. The zero-order valence-corrected chi connectivity index (χ0v) is 15.5. The van der Waals surface area contributed by atoms with Crippen LogP contribution in [0.4, 0.5) is 5.69 Å². The number of carbonyl (C=O) groups excluding carboxylic acids is 1. The van der Waals surface area contributed by atoms with Crippen LogP contribution >= 0.6 is 35.6 Å². The molecule has 0 unspecified atom stereocenters. The highest BCUT2D eigenvalue weighted by Crippen LogP contribution is 2.20. The minimum absolute atomic E-state index is 0.142. The number of hydrazine groups is 1. The van der Waals surface area contributed by atoms with Crippen LogP contribution in [0.1, 0.15) is 11.1 Å². The molecule has 126 valence electrons. The van der Waals surface area contributed by atoms with Crippen molar-refractivity contribution in [2.75, 3.05) is 11.1 Å². The quantitative estimate of drug-likeness (QED) is 0.543. The maximum absolute atomic E-state index is 11.8. The van der Waals surface area contributed by atoms with Gasteiger partial charge in [-0.25, -0.2) is 0 Å². The molecule has 0 atom stereocenters. The lowest BCUT2D eigenvalue weighted by molar-refractivity contribution is -0.119. The summed E-state index contributed by atoms with van der Waals surface area (Å²) in [4.78, 5) is 11.8. The zero-order chi connectivity index (χ0) is 17.4. The summed E-state index contributed by atoms with van der Waals surface area (Å²) in [6.45, 7) is 2.07. The van der Waals surface area contributed by atoms with E-state index in [1.54, 1.807) is 23.9 Å². The van der Waals surface area contributed by atoms with E-state index in [9.17, 15) is 4.79 Å². The van der Waals surface area contributed by atoms with Gasteiger partial charge in [0, 0.05) is 5.75 Å². The number of nitrogens with one attached hydrogen (secondary N) is 3. The summed E-state index contributed by atoms with van der Waals surface area (Å²) in [5.74, 6) is 0.996. The van der Waals surface area contributed by atoms with Gasteiger partial charge in [-0.05, 0) is 42.4 Å². The van der Waals surface area contributed by atoms with E-state index in [2.05, 4.69) is 35.2 Å². The van der Waals surface area contributed by atoms with Crippen molar-refractivity contribution in [3.8, 4) is 0 Å². The first kappa shape index (κ1) is 18.6. The van der Waals surface area contributed by atoms with E-state index in [0.717, 1.165) is 5.75 Å². The van der Waals surface area contributed by atoms with Crippen molar-refractivity contribution in [2.45, 2.75) is 12.7 Å². The molecule has 7 heteroatoms. The second kappa shape index (κ2) is 9.52. The van der Waals surface area contributed by atoms with Crippen LogP contribution in [0.2, 0.25) is 5.02 Å². The first-order valence-corrected chi connectivity index (χ1v) is 9.23. The number of hydrogen-bond acceptors (Lipinski definition) is 3. The summed E-state index contributed by atoms with van der Waals surface area (Å²) in [6.07, 6.45) is 0. The number of thioether (sulfide) groups is 1. The third kappa shape index (κ3) is 6.03. The van der Waals surface area contributed by atoms with Crippen molar-refractivity contribution in [1.82, 2.24) is 10.9 Å². The number of aryl methyl sites for hydroxylation is 1. The number of amides is 1. The van der Waals surface area contributed by atoms with Crippen molar-refractivity contribution in [1.29, 1.82) is 0 Å². The first-order valence-electron chi connectivity index (χ1n) is 7.29. The topological polar surface area (TPSA) is 53.2 Å². The Bertz CT molecular complexity index is 724. The Morgan fingerprint density at radius 1 is 1.12 bits per heavy atom. The van der Waals surface area contributed by atoms with Gasteiger partial charge in [0.05, 0.1) is 16.5 Å². The maximum Gasteiger partial charge on any atom is 0.248 e. The highest BCUT2D eigenvalue weighted by Gasteiger charge is 2.05. The standard InChI is InChI=1S/C17H18ClN3OS2/c1-12-6-2-3-7-13(12)10-24-11-16(22)20-21-17(23)19-15-9-5-4-8-14(15)18/h2-9H,10-11H2,1H3,(H,20,22)(H2,19,21,23). The molecule has 1 amide bonds. The van der Waals surface area contributed by atoms with Crippen LogP contribution in [-0.2, 0) is 10.5 Å². The molecule has 3 N–H and O–H groups in total. The summed E-state index contributed by atoms with van der Waals surface area (Å²) in [7, 11) is 0. The summed E-state index contributed by atoms with van der Waals surface area (Å²) < 4.78 is 0. The molecule has 0 aromatic heterocycles. The Hall–Kier alpha value is -1.76. The van der Waals surface area contributed by atoms with Crippen LogP contribution in [0.3, 0.4) is 0 Å². The van der Waals surface area contributed by atoms with Gasteiger partial charge in [0.2, 0.25) is 5.91 Å². The number of hydrogen-bond donors (Lipinski definition) is 3. The minimum Gasteiger partial charge on any atom is -0.330 e. The number of thiocarbonyl (C=S) groups is 1. The van der Waals surface area contributed by atoms with Crippen molar-refractivity contribution in [2.24, 2.45) is 0 Å². The van der Waals surface area contributed by atoms with E-state index in [-0.39, 0.29) is 11.0 Å². The van der Waals surface area contributed by atoms with Gasteiger partial charge >= 0.3 is 0 Å². The van der Waals surface area contributed by atoms with Crippen molar-refractivity contribution in [3.63, 3.8) is 0 Å². The fourth-order valence-electron chi connectivity index (χ4n) is 1.90. The lowest BCUT2D eigenvalue weighted by Gasteiger charge is -2.12. The third-order valence-electron chi connectivity index (χ3n) is 3.19. The van der Waals surface area contributed by atoms with Gasteiger partial charge < -0.3 is 5.32 Å². The molecule has 2 aromatic carbocycles. The highest BCUT2D eigenvalue weighted by molar-refractivity contribution is 7.99. The molecule has 2 aromatic rings. The van der Waals surface area contributed by atoms with Crippen LogP contribution in [0, 0.1) is 6.92 Å². The van der Waals surface area contributed by atoms with Gasteiger partial charge in [0.25, 0.3) is 0 Å². The average Bonchev–Trinajstić information content (AvgIpc) is 2.57. The van der Waals surface area contributed by atoms with Gasteiger partial charge in [0.1, 0.15) is 0 Å². The van der Waals surface area contributed by atoms with Gasteiger partial charge in [-0.2, -0.15) is 0 Å². The zero-order valence-electron chi connectivity index (χ0n) is 13.1. The number of carbonyl (C=O) groups is 1. The Kier molecular flexibility index (Phi) is 7.36. The Morgan fingerprint density at radius 2 is 1.83 bits per heavy atom. The molecule has 0 heterocycles. The number of para-hydroxylation sites is 1. The second-order valence-corrected chi connectivity index (χ2v) is 6.83. The van der Waals surface area contributed by atoms with Gasteiger partial charge in [-0.3, -0.25) is 15.6 Å². The number of benzene rings is 2. The molecule has 0 radical (unpaired) electrons. The SMILES string of the molecule is Cc1ccccc1CSCC(=O)NNC(=S)Nc1ccccc1Cl. The van der Waals surface area contributed by atoms with E-state index < -0.39 is 0 Å². The minimum atomic E-state index is -0.142. The molecule has 2 rings (SSSR count). The van der Waals surface area contributed by atoms with Gasteiger partial charge in [-0.1, -0.05) is 48.0 Å². The molecule has 0 bridgehead atoms. The molecular formula is C17H18ClN3OS2. The lowest BCUT2D eigenvalue weighted by Crippen LogP contribution is -2.44. The monoisotopic (exact) mass is 379 g/mol. The van der Waals surface area contributed by atoms with E-state index in [4.69, 9.17) is 23.8 Å². The van der Waals surface area contributed by atoms with E-state index in [1.165, 1.54) is 11.1 Å². The molecule has 0 aliphatic carbocycles. The molecule has 0 saturated carbocycles. The number of halogens is 1. The van der Waals surface area contributed by atoms with Crippen LogP contribution in [0.25, 0.3) is 0 Å². The van der Waals surface area contributed by atoms with Gasteiger partial charge in [-0.15, -0.1) is 11.8 Å². The summed E-state index contributed by atoms with van der Waals surface area (Å²) in [5.41, 5.74) is 8.38. The first-order chi connectivity index (χ1) is 11.6. The Morgan fingerprint density at radius 3 is 2.58 bits per heavy atom. The molecule has 0 fully saturated rings. The Balaban J connectivity index is 1.68. The summed E-state index contributed by atoms with van der Waals surface area (Å²) >= 11 is 12.7. The highest BCUT2D eigenvalue weighted by atomic mass is 35.5. The molecule has 4 nitrogen and oxygen atoms in total. The van der Waals surface area contributed by atoms with Crippen LogP contribution < -0.4 is 16.2 Å². The van der Waals surface area contributed by atoms with Gasteiger partial charge in [0.15, 0.2) is 5.11 Å². The summed E-state index contributed by atoms with van der Waals surface area (Å²) in [5, 5.41) is 3.76. The average molecular weight is 380 g/mol. The smallest absolute Gasteiger partial charge is 0.248 e. The summed E-state index contributed by atoms with van der Waals surface area (Å²) in [6, 6.07) is 15.4. The van der Waals surface area contributed by atoms with Crippen molar-refractivity contribution < 1.29 is 4.79 Å². The fourth-order valence-corrected chi connectivity index (χ4v) is 3.15. The predicted octanol–water partition coefficient (Wildman–Crippen LogP) is 3.90. The maximum atomic E-state index is 11.8. The largest absolute Gasteiger partial charge is 0.330 e. The molecule has 0 aliphatic heterocycles. The normalized spacial score (nSPS) is 10.1. The van der Waals surface area contributed by atoms with Crippen LogP contribution in [-0.4, -0.2) is 16.8 Å². The Labute approximate surface area is 156 Å². The van der Waals surface area contributed by atoms with E-state index in [1.807, 2.05) is 24.3 Å². The molecule has 0 aliphatic rings.